The Morgan fingerprint density at radius 2 is 2.00 bits per heavy atom. The van der Waals surface area contributed by atoms with E-state index in [2.05, 4.69) is 9.46 Å². The van der Waals surface area contributed by atoms with Crippen molar-refractivity contribution in [2.75, 3.05) is 17.6 Å². The van der Waals surface area contributed by atoms with Crippen LogP contribution in [0.1, 0.15) is 15.9 Å². The number of ether oxygens (including phenoxy) is 1. The molecule has 0 amide bonds. The van der Waals surface area contributed by atoms with Crippen LogP contribution in [0.4, 0.5) is 5.69 Å². The Balaban J connectivity index is 3.10. The maximum atomic E-state index is 11.5. The maximum absolute atomic E-state index is 11.5. The number of sulfonamides is 1. The summed E-state index contributed by atoms with van der Waals surface area (Å²) in [4.78, 5) is 21.9. The lowest BCUT2D eigenvalue weighted by atomic mass is 10.1. The van der Waals surface area contributed by atoms with Crippen LogP contribution in [0.15, 0.2) is 18.2 Å². The van der Waals surface area contributed by atoms with Crippen molar-refractivity contribution in [1.82, 2.24) is 0 Å². The number of anilines is 1. The predicted octanol–water partition coefficient (Wildman–Crippen LogP) is 0.608. The minimum atomic E-state index is -4.01. The average molecular weight is 287 g/mol. The van der Waals surface area contributed by atoms with Gasteiger partial charge in [-0.25, -0.2) is 13.2 Å². The summed E-state index contributed by atoms with van der Waals surface area (Å²) in [6, 6.07) is 4.38. The predicted molar refractivity (Wildman–Crippen MR) is 67.6 cm³/mol. The van der Waals surface area contributed by atoms with Crippen LogP contribution in [0.2, 0.25) is 0 Å². The molecule has 0 saturated heterocycles. The van der Waals surface area contributed by atoms with Crippen molar-refractivity contribution in [3.63, 3.8) is 0 Å². The summed E-state index contributed by atoms with van der Waals surface area (Å²) < 4.78 is 29.7. The third kappa shape index (κ3) is 3.95. The Labute approximate surface area is 110 Å². The van der Waals surface area contributed by atoms with Crippen molar-refractivity contribution in [2.24, 2.45) is 0 Å². The van der Waals surface area contributed by atoms with E-state index in [1.54, 1.807) is 0 Å². The number of hydrogen-bond donors (Lipinski definition) is 2. The van der Waals surface area contributed by atoms with Gasteiger partial charge in [0, 0.05) is 0 Å². The number of methoxy groups -OCH3 is 1. The van der Waals surface area contributed by atoms with Crippen molar-refractivity contribution in [3.05, 3.63) is 29.3 Å². The molecule has 0 atom stereocenters. The zero-order valence-electron chi connectivity index (χ0n) is 10.3. The van der Waals surface area contributed by atoms with Gasteiger partial charge in [0.2, 0.25) is 10.0 Å². The topological polar surface area (TPSA) is 110 Å². The van der Waals surface area contributed by atoms with Crippen LogP contribution < -0.4 is 4.72 Å². The van der Waals surface area contributed by atoms with Gasteiger partial charge < -0.3 is 9.84 Å². The molecule has 0 aliphatic heterocycles. The van der Waals surface area contributed by atoms with E-state index >= 15 is 0 Å². The van der Waals surface area contributed by atoms with E-state index in [-0.39, 0.29) is 11.3 Å². The maximum Gasteiger partial charge on any atom is 0.338 e. The lowest BCUT2D eigenvalue weighted by Crippen LogP contribution is -2.23. The van der Waals surface area contributed by atoms with Crippen molar-refractivity contribution in [2.45, 2.75) is 6.92 Å². The quantitative estimate of drug-likeness (QED) is 0.768. The normalized spacial score (nSPS) is 10.8. The molecule has 0 saturated carbocycles. The van der Waals surface area contributed by atoms with E-state index in [0.717, 1.165) is 0 Å². The van der Waals surface area contributed by atoms with Gasteiger partial charge in [0.25, 0.3) is 0 Å². The van der Waals surface area contributed by atoms with Gasteiger partial charge >= 0.3 is 11.9 Å². The van der Waals surface area contributed by atoms with E-state index in [9.17, 15) is 18.0 Å². The Morgan fingerprint density at radius 1 is 1.37 bits per heavy atom. The minimum absolute atomic E-state index is 0.143. The molecule has 1 aromatic rings. The van der Waals surface area contributed by atoms with Gasteiger partial charge in [-0.1, -0.05) is 6.07 Å². The molecule has 0 spiro atoms. The number of carbonyl (C=O) groups excluding carboxylic acids is 1. The number of rotatable bonds is 5. The van der Waals surface area contributed by atoms with Crippen LogP contribution in [0.3, 0.4) is 0 Å². The molecule has 0 aliphatic carbocycles. The molecular weight excluding hydrogens is 274 g/mol. The van der Waals surface area contributed by atoms with Crippen molar-refractivity contribution in [3.8, 4) is 0 Å². The van der Waals surface area contributed by atoms with Gasteiger partial charge in [0.1, 0.15) is 0 Å². The molecule has 0 unspecified atom stereocenters. The zero-order chi connectivity index (χ0) is 14.6. The second kappa shape index (κ2) is 5.70. The Bertz CT molecular complexity index is 608. The molecule has 8 heteroatoms. The first kappa shape index (κ1) is 15.0. The lowest BCUT2D eigenvalue weighted by molar-refractivity contribution is -0.134. The molecule has 0 aromatic heterocycles. The molecule has 0 fully saturated rings. The number of esters is 1. The first-order valence-corrected chi connectivity index (χ1v) is 6.82. The summed E-state index contributed by atoms with van der Waals surface area (Å²) in [7, 11) is -2.80. The van der Waals surface area contributed by atoms with E-state index in [0.29, 0.717) is 5.56 Å². The van der Waals surface area contributed by atoms with Crippen LogP contribution in [-0.2, 0) is 19.6 Å². The number of nitrogens with one attached hydrogen (secondary N) is 1. The summed E-state index contributed by atoms with van der Waals surface area (Å²) in [5, 5.41) is 8.48. The van der Waals surface area contributed by atoms with Gasteiger partial charge in [0.15, 0.2) is 5.75 Å². The fraction of sp³-hybridized carbons (Fsp3) is 0.273. The second-order valence-corrected chi connectivity index (χ2v) is 5.45. The van der Waals surface area contributed by atoms with Gasteiger partial charge in [-0.2, -0.15) is 0 Å². The molecule has 2 N–H and O–H groups in total. The van der Waals surface area contributed by atoms with Gasteiger partial charge in [-0.15, -0.1) is 0 Å². The number of carboxylic acid groups (broad SMARTS) is 1. The fourth-order valence-electron chi connectivity index (χ4n) is 1.44. The Hall–Kier alpha value is -2.09. The Morgan fingerprint density at radius 3 is 2.53 bits per heavy atom. The molecule has 0 aliphatic rings. The highest BCUT2D eigenvalue weighted by molar-refractivity contribution is 7.93. The standard InChI is InChI=1S/C11H13NO6S/c1-7-8(11(15)18-2)4-3-5-9(7)12-19(16,17)6-10(13)14/h3-5,12H,6H2,1-2H3,(H,13,14). The SMILES string of the molecule is COC(=O)c1cccc(NS(=O)(=O)CC(=O)O)c1C. The van der Waals surface area contributed by atoms with Gasteiger partial charge in [-0.3, -0.25) is 9.52 Å². The van der Waals surface area contributed by atoms with E-state index in [1.165, 1.54) is 32.2 Å². The third-order valence-electron chi connectivity index (χ3n) is 2.32. The number of carbonyl (C=O) groups is 2. The molecule has 0 heterocycles. The molecular formula is C11H13NO6S. The third-order valence-corrected chi connectivity index (χ3v) is 3.48. The lowest BCUT2D eigenvalue weighted by Gasteiger charge is -2.11. The minimum Gasteiger partial charge on any atom is -0.480 e. The number of carboxylic acids is 1. The van der Waals surface area contributed by atoms with Gasteiger partial charge in [0.05, 0.1) is 18.4 Å². The molecule has 0 radical (unpaired) electrons. The van der Waals surface area contributed by atoms with Crippen LogP contribution >= 0.6 is 0 Å². The van der Waals surface area contributed by atoms with E-state index in [1.807, 2.05) is 0 Å². The van der Waals surface area contributed by atoms with E-state index < -0.39 is 27.7 Å². The first-order valence-electron chi connectivity index (χ1n) is 5.17. The largest absolute Gasteiger partial charge is 0.480 e. The molecule has 104 valence electrons. The highest BCUT2D eigenvalue weighted by Gasteiger charge is 2.18. The van der Waals surface area contributed by atoms with Crippen LogP contribution in [0.5, 0.6) is 0 Å². The summed E-state index contributed by atoms with van der Waals surface area (Å²) in [6.07, 6.45) is 0. The molecule has 19 heavy (non-hydrogen) atoms. The van der Waals surface area contributed by atoms with Gasteiger partial charge in [-0.05, 0) is 24.6 Å². The summed E-state index contributed by atoms with van der Waals surface area (Å²) in [5.41, 5.74) is 0.713. The summed E-state index contributed by atoms with van der Waals surface area (Å²) >= 11 is 0. The molecule has 1 aromatic carbocycles. The molecule has 7 nitrogen and oxygen atoms in total. The van der Waals surface area contributed by atoms with Crippen LogP contribution in [0, 0.1) is 6.92 Å². The van der Waals surface area contributed by atoms with Crippen molar-refractivity contribution in [1.29, 1.82) is 0 Å². The Kier molecular flexibility index (Phi) is 4.49. The number of hydrogen-bond acceptors (Lipinski definition) is 5. The zero-order valence-corrected chi connectivity index (χ0v) is 11.2. The highest BCUT2D eigenvalue weighted by atomic mass is 32.2. The second-order valence-electron chi connectivity index (χ2n) is 3.72. The fourth-order valence-corrected chi connectivity index (χ4v) is 2.40. The van der Waals surface area contributed by atoms with Crippen LogP contribution in [0.25, 0.3) is 0 Å². The summed E-state index contributed by atoms with van der Waals surface area (Å²) in [6.45, 7) is 1.53. The summed E-state index contributed by atoms with van der Waals surface area (Å²) in [5.74, 6) is -3.11. The highest BCUT2D eigenvalue weighted by Crippen LogP contribution is 2.20. The van der Waals surface area contributed by atoms with E-state index in [4.69, 9.17) is 5.11 Å². The van der Waals surface area contributed by atoms with Crippen LogP contribution in [-0.4, -0.2) is 38.3 Å². The number of aliphatic carboxylic acids is 1. The average Bonchev–Trinajstić information content (AvgIpc) is 2.29. The first-order chi connectivity index (χ1) is 8.76. The number of benzene rings is 1. The monoisotopic (exact) mass is 287 g/mol. The van der Waals surface area contributed by atoms with Crippen molar-refractivity contribution < 1.29 is 27.9 Å². The van der Waals surface area contributed by atoms with Crippen molar-refractivity contribution >= 4 is 27.6 Å². The molecule has 1 rings (SSSR count). The smallest absolute Gasteiger partial charge is 0.338 e. The molecule has 0 bridgehead atoms.